The molecule has 7 rings (SSSR count). The first kappa shape index (κ1) is 30.8. The number of hydrogen-bond donors (Lipinski definition) is 3. The fourth-order valence-electron chi connectivity index (χ4n) is 12.1. The average molecular weight is 618 g/mol. The SMILES string of the molecule is CCN1C[C@]2(COC)[C@H](O)CC(OC)C34C1C(C(OC)[C@@H]32)[C@H]1[C@@H](O)[C@H](OC)[C@@]2(O)C[C@@H]4[C@@H]1[C@H]2OC(=O)c1ccc(OC)cc1. The first-order chi connectivity index (χ1) is 21.1. The molecule has 6 fully saturated rings. The third kappa shape index (κ3) is 3.53. The number of methoxy groups -OCH3 is 5. The molecule has 0 aromatic heterocycles. The molecule has 1 spiro atoms. The highest BCUT2D eigenvalue weighted by Crippen LogP contribution is 2.79. The zero-order valence-corrected chi connectivity index (χ0v) is 26.4. The summed E-state index contributed by atoms with van der Waals surface area (Å²) in [6.45, 7) is 3.84. The van der Waals surface area contributed by atoms with Gasteiger partial charge in [0.1, 0.15) is 23.6 Å². The van der Waals surface area contributed by atoms with Gasteiger partial charge in [0.2, 0.25) is 0 Å². The lowest BCUT2D eigenvalue weighted by Crippen LogP contribution is -2.77. The molecule has 5 unspecified atom stereocenters. The van der Waals surface area contributed by atoms with E-state index in [0.717, 1.165) is 6.54 Å². The van der Waals surface area contributed by atoms with Gasteiger partial charge < -0.3 is 43.7 Å². The molecule has 11 heteroatoms. The summed E-state index contributed by atoms with van der Waals surface area (Å²) in [6.07, 6.45) is -3.60. The lowest BCUT2D eigenvalue weighted by atomic mass is 9.43. The van der Waals surface area contributed by atoms with Crippen molar-refractivity contribution in [3.05, 3.63) is 29.8 Å². The number of hydrogen-bond acceptors (Lipinski definition) is 11. The van der Waals surface area contributed by atoms with Crippen LogP contribution in [-0.4, -0.2) is 130 Å². The normalized spacial score (nSPS) is 50.0. The molecule has 1 saturated heterocycles. The van der Waals surface area contributed by atoms with Crippen molar-refractivity contribution in [2.45, 2.75) is 68.0 Å². The summed E-state index contributed by atoms with van der Waals surface area (Å²) in [7, 11) is 8.15. The second-order valence-corrected chi connectivity index (χ2v) is 14.1. The minimum absolute atomic E-state index is 0.0401. The maximum Gasteiger partial charge on any atom is 0.338 e. The summed E-state index contributed by atoms with van der Waals surface area (Å²) in [5, 5.41) is 36.6. The van der Waals surface area contributed by atoms with E-state index < -0.39 is 52.7 Å². The summed E-state index contributed by atoms with van der Waals surface area (Å²) >= 11 is 0. The molecule has 44 heavy (non-hydrogen) atoms. The number of piperidine rings is 1. The van der Waals surface area contributed by atoms with Crippen molar-refractivity contribution in [3.8, 4) is 5.75 Å². The molecule has 0 radical (unpaired) electrons. The van der Waals surface area contributed by atoms with Crippen molar-refractivity contribution in [1.82, 2.24) is 4.90 Å². The first-order valence-electron chi connectivity index (χ1n) is 15.9. The van der Waals surface area contributed by atoms with Gasteiger partial charge in [0.25, 0.3) is 0 Å². The van der Waals surface area contributed by atoms with E-state index in [1.807, 2.05) is 0 Å². The van der Waals surface area contributed by atoms with Crippen LogP contribution in [0.4, 0.5) is 0 Å². The van der Waals surface area contributed by atoms with E-state index in [-0.39, 0.29) is 48.3 Å². The standard InChI is InChI=1S/C33H47NO10/c1-7-34-14-31(15-39-2)19(35)12-20(41-4)33-18-13-32(38)28(44-30(37)16-8-10-17(40-3)11-9-16)21(18)22(24(36)29(32)43-6)23(27(33)34)25(42-5)26(31)33/h8-11,18-29,35-36,38H,7,12-15H2,1-6H3/t18-,19-,20?,21+,22+,23?,24-,25?,26-,27?,28-,29+,31+,32-,33?/m1/s1. The predicted molar refractivity (Wildman–Crippen MR) is 156 cm³/mol. The molecule has 1 aliphatic heterocycles. The van der Waals surface area contributed by atoms with Crippen LogP contribution >= 0.6 is 0 Å². The molecule has 15 atom stereocenters. The predicted octanol–water partition coefficient (Wildman–Crippen LogP) is 0.971. The smallest absolute Gasteiger partial charge is 0.338 e. The van der Waals surface area contributed by atoms with Crippen molar-refractivity contribution in [3.63, 3.8) is 0 Å². The number of carbonyl (C=O) groups is 1. The molecule has 11 nitrogen and oxygen atoms in total. The zero-order valence-electron chi connectivity index (χ0n) is 26.4. The molecule has 1 aromatic rings. The Kier molecular flexibility index (Phi) is 7.42. The number of likely N-dealkylation sites (tertiary alicyclic amines) is 1. The first-order valence-corrected chi connectivity index (χ1v) is 15.9. The Morgan fingerprint density at radius 3 is 2.30 bits per heavy atom. The molecular formula is C33H47NO10. The van der Waals surface area contributed by atoms with Gasteiger partial charge in [-0.25, -0.2) is 4.79 Å². The highest BCUT2D eigenvalue weighted by atomic mass is 16.6. The average Bonchev–Trinajstić information content (AvgIpc) is 3.36. The van der Waals surface area contributed by atoms with E-state index >= 15 is 0 Å². The van der Waals surface area contributed by atoms with Gasteiger partial charge in [-0.15, -0.1) is 0 Å². The van der Waals surface area contributed by atoms with Crippen molar-refractivity contribution in [1.29, 1.82) is 0 Å². The van der Waals surface area contributed by atoms with E-state index in [9.17, 15) is 20.1 Å². The molecule has 6 aliphatic rings. The molecule has 3 N–H and O–H groups in total. The Balaban J connectivity index is 1.41. The fraction of sp³-hybridized carbons (Fsp3) is 0.788. The van der Waals surface area contributed by atoms with Gasteiger partial charge in [-0.1, -0.05) is 6.92 Å². The number of esters is 1. The van der Waals surface area contributed by atoms with Gasteiger partial charge in [0.15, 0.2) is 0 Å². The van der Waals surface area contributed by atoms with E-state index in [0.29, 0.717) is 30.9 Å². The Bertz CT molecular complexity index is 1260. The van der Waals surface area contributed by atoms with Gasteiger partial charge in [-0.2, -0.15) is 0 Å². The monoisotopic (exact) mass is 617 g/mol. The largest absolute Gasteiger partial charge is 0.497 e. The fourth-order valence-corrected chi connectivity index (χ4v) is 12.1. The molecular weight excluding hydrogens is 570 g/mol. The van der Waals surface area contributed by atoms with Crippen LogP contribution in [0.2, 0.25) is 0 Å². The van der Waals surface area contributed by atoms with Gasteiger partial charge >= 0.3 is 5.97 Å². The summed E-state index contributed by atoms with van der Waals surface area (Å²) < 4.78 is 36.2. The number of nitrogens with zero attached hydrogens (tertiary/aromatic N) is 1. The van der Waals surface area contributed by atoms with Crippen LogP contribution in [0.3, 0.4) is 0 Å². The maximum absolute atomic E-state index is 13.7. The number of ether oxygens (including phenoxy) is 6. The maximum atomic E-state index is 13.7. The number of aliphatic hydroxyl groups is 3. The van der Waals surface area contributed by atoms with E-state index in [2.05, 4.69) is 11.8 Å². The number of fused-ring (bicyclic) bond motifs is 2. The second-order valence-electron chi connectivity index (χ2n) is 14.1. The Morgan fingerprint density at radius 2 is 1.70 bits per heavy atom. The van der Waals surface area contributed by atoms with E-state index in [1.54, 1.807) is 52.7 Å². The van der Waals surface area contributed by atoms with Crippen LogP contribution in [-0.2, 0) is 23.7 Å². The van der Waals surface area contributed by atoms with Gasteiger partial charge in [0, 0.05) is 81.9 Å². The minimum atomic E-state index is -1.63. The number of carbonyl (C=O) groups excluding carboxylic acids is 1. The molecule has 0 amide bonds. The van der Waals surface area contributed by atoms with Crippen LogP contribution in [0.15, 0.2) is 24.3 Å². The summed E-state index contributed by atoms with van der Waals surface area (Å²) in [5.41, 5.74) is -2.50. The third-order valence-corrected chi connectivity index (χ3v) is 13.1. The minimum Gasteiger partial charge on any atom is -0.497 e. The number of rotatable bonds is 9. The van der Waals surface area contributed by atoms with Crippen molar-refractivity contribution >= 4 is 5.97 Å². The number of benzene rings is 1. The van der Waals surface area contributed by atoms with Crippen LogP contribution < -0.4 is 4.74 Å². The second kappa shape index (κ2) is 10.6. The summed E-state index contributed by atoms with van der Waals surface area (Å²) in [4.78, 5) is 16.1. The molecule has 1 heterocycles. The van der Waals surface area contributed by atoms with E-state index in [4.69, 9.17) is 28.4 Å². The Hall–Kier alpha value is -1.83. The van der Waals surface area contributed by atoms with Gasteiger partial charge in [-0.3, -0.25) is 4.90 Å². The van der Waals surface area contributed by atoms with Gasteiger partial charge in [0.05, 0.1) is 43.7 Å². The summed E-state index contributed by atoms with van der Waals surface area (Å²) in [5.74, 6) is -1.27. The highest BCUT2D eigenvalue weighted by molar-refractivity contribution is 5.89. The third-order valence-electron chi connectivity index (χ3n) is 13.1. The van der Waals surface area contributed by atoms with Crippen molar-refractivity contribution in [2.75, 3.05) is 55.2 Å². The summed E-state index contributed by atoms with van der Waals surface area (Å²) in [6, 6.07) is 6.66. The number of aliphatic hydroxyl groups excluding tert-OH is 2. The van der Waals surface area contributed by atoms with Crippen LogP contribution in [0.25, 0.3) is 0 Å². The van der Waals surface area contributed by atoms with Crippen molar-refractivity contribution < 1.29 is 48.5 Å². The molecule has 7 bridgehead atoms. The lowest BCUT2D eigenvalue weighted by Gasteiger charge is -2.69. The topological polar surface area (TPSA) is 136 Å². The quantitative estimate of drug-likeness (QED) is 0.342. The molecule has 5 aliphatic carbocycles. The highest BCUT2D eigenvalue weighted by Gasteiger charge is 2.87. The molecule has 244 valence electrons. The van der Waals surface area contributed by atoms with Crippen molar-refractivity contribution in [2.24, 2.45) is 40.4 Å². The van der Waals surface area contributed by atoms with Gasteiger partial charge in [-0.05, 0) is 43.1 Å². The lowest BCUT2D eigenvalue weighted by molar-refractivity contribution is -0.285. The van der Waals surface area contributed by atoms with Crippen LogP contribution in [0.1, 0.15) is 30.1 Å². The van der Waals surface area contributed by atoms with Crippen LogP contribution in [0, 0.1) is 40.4 Å². The Morgan fingerprint density at radius 1 is 0.977 bits per heavy atom. The Labute approximate surface area is 258 Å². The van der Waals surface area contributed by atoms with Crippen LogP contribution in [0.5, 0.6) is 5.75 Å². The molecule has 1 aromatic carbocycles. The molecule has 5 saturated carbocycles. The zero-order chi connectivity index (χ0) is 31.3. The van der Waals surface area contributed by atoms with E-state index in [1.165, 1.54) is 7.11 Å².